The van der Waals surface area contributed by atoms with Gasteiger partial charge in [0.25, 0.3) is 0 Å². The minimum absolute atomic E-state index is 0.0691. The van der Waals surface area contributed by atoms with Crippen LogP contribution in [-0.4, -0.2) is 24.8 Å². The first-order valence-corrected chi connectivity index (χ1v) is 5.25. The largest absolute Gasteiger partial charge is 0.394 e. The van der Waals surface area contributed by atoms with E-state index in [4.69, 9.17) is 10.8 Å². The highest BCUT2D eigenvalue weighted by Crippen LogP contribution is 2.18. The van der Waals surface area contributed by atoms with E-state index in [2.05, 4.69) is 0 Å². The standard InChI is InChI=1S/C12H20N2O/c1-9(8-15)14(3)12-6-4-11(5-7-12)10(2)13/h4-7,9-10,15H,8,13H2,1-3H3. The van der Waals surface area contributed by atoms with Gasteiger partial charge in [-0.05, 0) is 31.5 Å². The van der Waals surface area contributed by atoms with Crippen molar-refractivity contribution in [1.82, 2.24) is 0 Å². The maximum atomic E-state index is 9.05. The van der Waals surface area contributed by atoms with Gasteiger partial charge >= 0.3 is 0 Å². The van der Waals surface area contributed by atoms with Crippen molar-refractivity contribution >= 4 is 5.69 Å². The normalized spacial score (nSPS) is 14.7. The van der Waals surface area contributed by atoms with Crippen LogP contribution in [0, 0.1) is 0 Å². The van der Waals surface area contributed by atoms with Crippen LogP contribution in [0.5, 0.6) is 0 Å². The number of rotatable bonds is 4. The van der Waals surface area contributed by atoms with Crippen molar-refractivity contribution in [2.45, 2.75) is 25.9 Å². The SMILES string of the molecule is CC(N)c1ccc(N(C)C(C)CO)cc1. The van der Waals surface area contributed by atoms with Crippen LogP contribution in [-0.2, 0) is 0 Å². The van der Waals surface area contributed by atoms with Crippen LogP contribution in [0.3, 0.4) is 0 Å². The Morgan fingerprint density at radius 2 is 1.80 bits per heavy atom. The summed E-state index contributed by atoms with van der Waals surface area (Å²) in [4.78, 5) is 2.05. The molecule has 0 saturated heterocycles. The van der Waals surface area contributed by atoms with Crippen LogP contribution in [0.15, 0.2) is 24.3 Å². The van der Waals surface area contributed by atoms with E-state index in [9.17, 15) is 0 Å². The molecule has 3 N–H and O–H groups in total. The Balaban J connectivity index is 2.79. The van der Waals surface area contributed by atoms with Crippen LogP contribution >= 0.6 is 0 Å². The van der Waals surface area contributed by atoms with Crippen molar-refractivity contribution in [3.8, 4) is 0 Å². The number of benzene rings is 1. The monoisotopic (exact) mass is 208 g/mol. The van der Waals surface area contributed by atoms with Crippen molar-refractivity contribution in [2.24, 2.45) is 5.73 Å². The van der Waals surface area contributed by atoms with Gasteiger partial charge < -0.3 is 15.7 Å². The van der Waals surface area contributed by atoms with E-state index in [1.807, 2.05) is 50.1 Å². The molecule has 0 amide bonds. The Bertz CT molecular complexity index is 295. The first kappa shape index (κ1) is 12.0. The molecule has 3 heteroatoms. The summed E-state index contributed by atoms with van der Waals surface area (Å²) in [6.07, 6.45) is 0. The zero-order valence-corrected chi connectivity index (χ0v) is 9.64. The van der Waals surface area contributed by atoms with E-state index in [0.717, 1.165) is 11.3 Å². The highest BCUT2D eigenvalue weighted by atomic mass is 16.3. The van der Waals surface area contributed by atoms with Crippen LogP contribution in [0.1, 0.15) is 25.5 Å². The molecule has 2 unspecified atom stereocenters. The molecule has 0 fully saturated rings. The molecule has 0 aliphatic rings. The molecule has 2 atom stereocenters. The van der Waals surface area contributed by atoms with E-state index >= 15 is 0 Å². The summed E-state index contributed by atoms with van der Waals surface area (Å²) in [5, 5.41) is 9.05. The Morgan fingerprint density at radius 3 is 2.20 bits per heavy atom. The van der Waals surface area contributed by atoms with Crippen molar-refractivity contribution in [3.05, 3.63) is 29.8 Å². The molecule has 0 radical (unpaired) electrons. The quantitative estimate of drug-likeness (QED) is 0.788. The molecule has 3 nitrogen and oxygen atoms in total. The number of nitrogens with zero attached hydrogens (tertiary/aromatic N) is 1. The summed E-state index contributed by atoms with van der Waals surface area (Å²) in [5.41, 5.74) is 8.00. The lowest BCUT2D eigenvalue weighted by Gasteiger charge is -2.25. The smallest absolute Gasteiger partial charge is 0.0632 e. The number of likely N-dealkylation sites (N-methyl/N-ethyl adjacent to an activating group) is 1. The van der Waals surface area contributed by atoms with E-state index < -0.39 is 0 Å². The summed E-state index contributed by atoms with van der Waals surface area (Å²) >= 11 is 0. The van der Waals surface area contributed by atoms with Crippen LogP contribution in [0.4, 0.5) is 5.69 Å². The van der Waals surface area contributed by atoms with Gasteiger partial charge in [-0.1, -0.05) is 12.1 Å². The third-order valence-electron chi connectivity index (χ3n) is 2.75. The fraction of sp³-hybridized carbons (Fsp3) is 0.500. The Hall–Kier alpha value is -1.06. The highest BCUT2D eigenvalue weighted by Gasteiger charge is 2.08. The average Bonchev–Trinajstić information content (AvgIpc) is 2.27. The number of aliphatic hydroxyl groups excluding tert-OH is 1. The summed E-state index contributed by atoms with van der Waals surface area (Å²) in [6.45, 7) is 4.11. The second-order valence-electron chi connectivity index (χ2n) is 4.02. The fourth-order valence-corrected chi connectivity index (χ4v) is 1.39. The molecule has 0 aliphatic carbocycles. The molecule has 1 aromatic rings. The molecule has 0 aromatic heterocycles. The molecule has 0 saturated carbocycles. The van der Waals surface area contributed by atoms with Crippen molar-refractivity contribution in [1.29, 1.82) is 0 Å². The molecule has 84 valence electrons. The minimum Gasteiger partial charge on any atom is -0.394 e. The molecular formula is C12H20N2O. The first-order valence-electron chi connectivity index (χ1n) is 5.25. The van der Waals surface area contributed by atoms with Gasteiger partial charge in [-0.15, -0.1) is 0 Å². The van der Waals surface area contributed by atoms with Crippen molar-refractivity contribution < 1.29 is 5.11 Å². The number of nitrogens with two attached hydrogens (primary N) is 1. The number of aliphatic hydroxyl groups is 1. The maximum absolute atomic E-state index is 9.05. The van der Waals surface area contributed by atoms with Gasteiger partial charge in [-0.25, -0.2) is 0 Å². The summed E-state index contributed by atoms with van der Waals surface area (Å²) in [5.74, 6) is 0. The first-order chi connectivity index (χ1) is 7.06. The molecule has 0 aliphatic heterocycles. The zero-order valence-electron chi connectivity index (χ0n) is 9.64. The van der Waals surface area contributed by atoms with Gasteiger partial charge in [0.15, 0.2) is 0 Å². The van der Waals surface area contributed by atoms with E-state index in [1.165, 1.54) is 0 Å². The van der Waals surface area contributed by atoms with Crippen LogP contribution in [0.2, 0.25) is 0 Å². The molecule has 1 aromatic carbocycles. The predicted octanol–water partition coefficient (Wildman–Crippen LogP) is 1.52. The third-order valence-corrected chi connectivity index (χ3v) is 2.75. The van der Waals surface area contributed by atoms with Gasteiger partial charge in [0.05, 0.1) is 6.61 Å². The molecular weight excluding hydrogens is 188 g/mol. The van der Waals surface area contributed by atoms with E-state index in [0.29, 0.717) is 0 Å². The molecule has 0 bridgehead atoms. The maximum Gasteiger partial charge on any atom is 0.0632 e. The van der Waals surface area contributed by atoms with Crippen LogP contribution < -0.4 is 10.6 Å². The Labute approximate surface area is 91.5 Å². The van der Waals surface area contributed by atoms with Gasteiger partial charge in [0.2, 0.25) is 0 Å². The lowest BCUT2D eigenvalue weighted by atomic mass is 10.1. The van der Waals surface area contributed by atoms with Crippen LogP contribution in [0.25, 0.3) is 0 Å². The number of hydrogen-bond acceptors (Lipinski definition) is 3. The molecule has 15 heavy (non-hydrogen) atoms. The number of anilines is 1. The van der Waals surface area contributed by atoms with E-state index in [1.54, 1.807) is 0 Å². The average molecular weight is 208 g/mol. The molecule has 0 heterocycles. The molecule has 0 spiro atoms. The molecule has 1 rings (SSSR count). The van der Waals surface area contributed by atoms with Gasteiger partial charge in [0, 0.05) is 24.8 Å². The zero-order chi connectivity index (χ0) is 11.4. The third kappa shape index (κ3) is 2.94. The Kier molecular flexibility index (Phi) is 4.12. The van der Waals surface area contributed by atoms with Crippen molar-refractivity contribution in [3.63, 3.8) is 0 Å². The minimum atomic E-state index is 0.0691. The van der Waals surface area contributed by atoms with Crippen molar-refractivity contribution in [2.75, 3.05) is 18.6 Å². The second-order valence-corrected chi connectivity index (χ2v) is 4.02. The van der Waals surface area contributed by atoms with Gasteiger partial charge in [0.1, 0.15) is 0 Å². The predicted molar refractivity (Wildman–Crippen MR) is 64.0 cm³/mol. The lowest BCUT2D eigenvalue weighted by Crippen LogP contribution is -2.31. The topological polar surface area (TPSA) is 49.5 Å². The highest BCUT2D eigenvalue weighted by molar-refractivity contribution is 5.48. The van der Waals surface area contributed by atoms with E-state index in [-0.39, 0.29) is 18.7 Å². The summed E-state index contributed by atoms with van der Waals surface area (Å²) < 4.78 is 0. The van der Waals surface area contributed by atoms with Gasteiger partial charge in [-0.3, -0.25) is 0 Å². The Morgan fingerprint density at radius 1 is 1.27 bits per heavy atom. The second kappa shape index (κ2) is 5.14. The lowest BCUT2D eigenvalue weighted by molar-refractivity contribution is 0.270. The summed E-state index contributed by atoms with van der Waals surface area (Å²) in [7, 11) is 1.97. The fourth-order valence-electron chi connectivity index (χ4n) is 1.39. The number of hydrogen-bond donors (Lipinski definition) is 2. The summed E-state index contributed by atoms with van der Waals surface area (Å²) in [6, 6.07) is 8.32. The van der Waals surface area contributed by atoms with Gasteiger partial charge in [-0.2, -0.15) is 0 Å².